The number of hydrogen-bond donors (Lipinski definition) is 3. The van der Waals surface area contributed by atoms with Gasteiger partial charge in [0.15, 0.2) is 11.6 Å². The Kier molecular flexibility index (Phi) is 5.56. The van der Waals surface area contributed by atoms with E-state index in [0.29, 0.717) is 18.6 Å². The van der Waals surface area contributed by atoms with Gasteiger partial charge in [-0.25, -0.2) is 9.18 Å². The molecule has 1 aromatic rings. The van der Waals surface area contributed by atoms with Crippen LogP contribution in [0.3, 0.4) is 0 Å². The molecule has 3 atom stereocenters. The highest BCUT2D eigenvalue weighted by Gasteiger charge is 2.28. The second-order valence-electron chi connectivity index (χ2n) is 6.65. The van der Waals surface area contributed by atoms with Gasteiger partial charge in [-0.15, -0.1) is 0 Å². The van der Waals surface area contributed by atoms with Gasteiger partial charge in [0, 0.05) is 24.1 Å². The minimum absolute atomic E-state index is 0.00208. The molecule has 2 amide bonds. The number of para-hydroxylation sites is 1. The normalized spacial score (nSPS) is 26.7. The molecule has 1 saturated carbocycles. The summed E-state index contributed by atoms with van der Waals surface area (Å²) < 4.78 is 19.4. The van der Waals surface area contributed by atoms with Gasteiger partial charge in [-0.2, -0.15) is 0 Å². The third kappa shape index (κ3) is 3.80. The van der Waals surface area contributed by atoms with Crippen LogP contribution in [-0.4, -0.2) is 30.4 Å². The Labute approximate surface area is 141 Å². The molecule has 0 bridgehead atoms. The number of rotatable bonds is 3. The van der Waals surface area contributed by atoms with Crippen LogP contribution in [0.5, 0.6) is 5.75 Å². The quantitative estimate of drug-likeness (QED) is 0.795. The molecule has 1 fully saturated rings. The summed E-state index contributed by atoms with van der Waals surface area (Å²) in [7, 11) is 0. The van der Waals surface area contributed by atoms with Gasteiger partial charge in [0.25, 0.3) is 0 Å². The Morgan fingerprint density at radius 1 is 1.21 bits per heavy atom. The summed E-state index contributed by atoms with van der Waals surface area (Å²) in [4.78, 5) is 12.4. The number of nitrogens with one attached hydrogen (secondary N) is 2. The molecular formula is C18H25FN2O3. The van der Waals surface area contributed by atoms with Gasteiger partial charge in [0.1, 0.15) is 0 Å². The maximum absolute atomic E-state index is 14.0. The highest BCUT2D eigenvalue weighted by Crippen LogP contribution is 2.33. The van der Waals surface area contributed by atoms with Gasteiger partial charge in [0.05, 0.1) is 12.6 Å². The summed E-state index contributed by atoms with van der Waals surface area (Å²) in [6.07, 6.45) is 5.44. The number of halogens is 1. The van der Waals surface area contributed by atoms with E-state index in [4.69, 9.17) is 4.74 Å². The van der Waals surface area contributed by atoms with Crippen molar-refractivity contribution in [2.75, 3.05) is 13.2 Å². The zero-order valence-electron chi connectivity index (χ0n) is 13.8. The number of carbonyl (C=O) groups excluding carboxylic acids is 1. The van der Waals surface area contributed by atoms with Crippen molar-refractivity contribution in [3.05, 3.63) is 29.6 Å². The van der Waals surface area contributed by atoms with E-state index in [1.165, 1.54) is 6.07 Å². The Morgan fingerprint density at radius 2 is 2.04 bits per heavy atom. The summed E-state index contributed by atoms with van der Waals surface area (Å²) in [5.74, 6) is -0.0351. The predicted molar refractivity (Wildman–Crippen MR) is 88.4 cm³/mol. The van der Waals surface area contributed by atoms with Crippen LogP contribution in [0.4, 0.5) is 9.18 Å². The minimum Gasteiger partial charge on any atom is -0.490 e. The topological polar surface area (TPSA) is 70.6 Å². The second-order valence-corrected chi connectivity index (χ2v) is 6.65. The smallest absolute Gasteiger partial charge is 0.315 e. The van der Waals surface area contributed by atoms with E-state index >= 15 is 0 Å². The zero-order chi connectivity index (χ0) is 16.9. The van der Waals surface area contributed by atoms with Crippen molar-refractivity contribution >= 4 is 6.03 Å². The first-order chi connectivity index (χ1) is 11.7. The van der Waals surface area contributed by atoms with Gasteiger partial charge in [-0.1, -0.05) is 25.0 Å². The standard InChI is InChI=1S/C18H25FN2O3/c19-14-7-3-6-13-16(9-4-10-24-17(13)14)21-18(23)20-15-8-2-1-5-12(15)11-22/h3,6-7,12,15-16,22H,1-2,4-5,8-11H2,(H2,20,21,23). The molecule has 0 aromatic heterocycles. The molecule has 0 spiro atoms. The average Bonchev–Trinajstić information content (AvgIpc) is 2.79. The first kappa shape index (κ1) is 17.0. The van der Waals surface area contributed by atoms with E-state index in [2.05, 4.69) is 10.6 Å². The molecule has 0 saturated heterocycles. The first-order valence-corrected chi connectivity index (χ1v) is 8.78. The number of amides is 2. The molecule has 1 aromatic carbocycles. The van der Waals surface area contributed by atoms with Crippen LogP contribution >= 0.6 is 0 Å². The van der Waals surface area contributed by atoms with Crippen LogP contribution in [0.15, 0.2) is 18.2 Å². The SMILES string of the molecule is O=C(NC1CCCOc2c(F)cccc21)NC1CCCCC1CO. The van der Waals surface area contributed by atoms with Crippen molar-refractivity contribution in [1.29, 1.82) is 0 Å². The monoisotopic (exact) mass is 336 g/mol. The highest BCUT2D eigenvalue weighted by molar-refractivity contribution is 5.75. The molecule has 132 valence electrons. The fraction of sp³-hybridized carbons (Fsp3) is 0.611. The fourth-order valence-electron chi connectivity index (χ4n) is 3.70. The van der Waals surface area contributed by atoms with E-state index < -0.39 is 5.82 Å². The molecule has 6 heteroatoms. The van der Waals surface area contributed by atoms with Crippen LogP contribution < -0.4 is 15.4 Å². The van der Waals surface area contributed by atoms with Gasteiger partial charge in [-0.05, 0) is 31.7 Å². The number of aliphatic hydroxyl groups is 1. The van der Waals surface area contributed by atoms with E-state index in [-0.39, 0.29) is 36.4 Å². The summed E-state index contributed by atoms with van der Waals surface area (Å²) in [6, 6.07) is 4.27. The van der Waals surface area contributed by atoms with Gasteiger partial charge in [0.2, 0.25) is 0 Å². The lowest BCUT2D eigenvalue weighted by molar-refractivity contribution is 0.153. The second kappa shape index (κ2) is 7.83. The fourth-order valence-corrected chi connectivity index (χ4v) is 3.70. The molecule has 2 aliphatic rings. The summed E-state index contributed by atoms with van der Waals surface area (Å²) in [6.45, 7) is 0.541. The van der Waals surface area contributed by atoms with E-state index in [9.17, 15) is 14.3 Å². The molecule has 24 heavy (non-hydrogen) atoms. The third-order valence-electron chi connectivity index (χ3n) is 5.02. The predicted octanol–water partition coefficient (Wildman–Crippen LogP) is 2.89. The molecular weight excluding hydrogens is 311 g/mol. The maximum Gasteiger partial charge on any atom is 0.315 e. The van der Waals surface area contributed by atoms with Crippen LogP contribution in [-0.2, 0) is 0 Å². The lowest BCUT2D eigenvalue weighted by Gasteiger charge is -2.31. The Balaban J connectivity index is 1.67. The number of fused-ring (bicyclic) bond motifs is 1. The molecule has 3 unspecified atom stereocenters. The number of benzene rings is 1. The van der Waals surface area contributed by atoms with Crippen molar-refractivity contribution in [2.45, 2.75) is 50.6 Å². The summed E-state index contributed by atoms with van der Waals surface area (Å²) in [5.41, 5.74) is 0.685. The van der Waals surface area contributed by atoms with E-state index in [0.717, 1.165) is 32.1 Å². The van der Waals surface area contributed by atoms with Gasteiger partial charge < -0.3 is 20.5 Å². The van der Waals surface area contributed by atoms with E-state index in [1.807, 2.05) is 0 Å². The zero-order valence-corrected chi connectivity index (χ0v) is 13.8. The third-order valence-corrected chi connectivity index (χ3v) is 5.02. The lowest BCUT2D eigenvalue weighted by atomic mass is 9.85. The molecule has 3 rings (SSSR count). The maximum atomic E-state index is 14.0. The molecule has 1 aliphatic carbocycles. The Morgan fingerprint density at radius 3 is 2.88 bits per heavy atom. The number of carbonyl (C=O) groups is 1. The van der Waals surface area contributed by atoms with Crippen molar-refractivity contribution in [3.8, 4) is 5.75 Å². The number of hydrogen-bond acceptors (Lipinski definition) is 3. The van der Waals surface area contributed by atoms with Crippen molar-refractivity contribution in [2.24, 2.45) is 5.92 Å². The summed E-state index contributed by atoms with van der Waals surface area (Å²) in [5, 5.41) is 15.4. The van der Waals surface area contributed by atoms with Crippen molar-refractivity contribution < 1.29 is 19.0 Å². The highest BCUT2D eigenvalue weighted by atomic mass is 19.1. The number of urea groups is 1. The minimum atomic E-state index is -0.394. The number of aliphatic hydroxyl groups excluding tert-OH is 1. The lowest BCUT2D eigenvalue weighted by Crippen LogP contribution is -2.48. The van der Waals surface area contributed by atoms with Crippen molar-refractivity contribution in [1.82, 2.24) is 10.6 Å². The van der Waals surface area contributed by atoms with Gasteiger partial charge in [-0.3, -0.25) is 0 Å². The molecule has 1 heterocycles. The van der Waals surface area contributed by atoms with Crippen LogP contribution in [0.1, 0.15) is 50.1 Å². The molecule has 5 nitrogen and oxygen atoms in total. The molecule has 3 N–H and O–H groups in total. The largest absolute Gasteiger partial charge is 0.490 e. The van der Waals surface area contributed by atoms with Crippen molar-refractivity contribution in [3.63, 3.8) is 0 Å². The van der Waals surface area contributed by atoms with Crippen LogP contribution in [0.2, 0.25) is 0 Å². The van der Waals surface area contributed by atoms with Crippen LogP contribution in [0, 0.1) is 11.7 Å². The molecule has 1 aliphatic heterocycles. The van der Waals surface area contributed by atoms with Gasteiger partial charge >= 0.3 is 6.03 Å². The Bertz CT molecular complexity index is 581. The number of ether oxygens (including phenoxy) is 1. The summed E-state index contributed by atoms with van der Waals surface area (Å²) >= 11 is 0. The average molecular weight is 336 g/mol. The molecule has 0 radical (unpaired) electrons. The van der Waals surface area contributed by atoms with E-state index in [1.54, 1.807) is 12.1 Å². The Hall–Kier alpha value is -1.82. The first-order valence-electron chi connectivity index (χ1n) is 8.78. The van der Waals surface area contributed by atoms with Crippen LogP contribution in [0.25, 0.3) is 0 Å².